The van der Waals surface area contributed by atoms with E-state index in [1.54, 1.807) is 33.5 Å². The van der Waals surface area contributed by atoms with Crippen molar-refractivity contribution < 1.29 is 14.2 Å². The zero-order valence-corrected chi connectivity index (χ0v) is 11.4. The second-order valence-corrected chi connectivity index (χ2v) is 4.28. The molecular weight excluding hydrogens is 246 g/mol. The maximum absolute atomic E-state index is 5.83. The lowest BCUT2D eigenvalue weighted by molar-refractivity contribution is 0.324. The molecule has 104 valence electrons. The highest BCUT2D eigenvalue weighted by Gasteiger charge is 2.20. The molecule has 0 amide bonds. The predicted molar refractivity (Wildman–Crippen MR) is 74.4 cm³/mol. The first kappa shape index (κ1) is 13.3. The summed E-state index contributed by atoms with van der Waals surface area (Å²) in [4.78, 5) is 4.31. The Morgan fingerprint density at radius 2 is 1.74 bits per heavy atom. The zero-order chi connectivity index (χ0) is 13.8. The van der Waals surface area contributed by atoms with E-state index in [0.717, 1.165) is 18.5 Å². The Kier molecular flexibility index (Phi) is 3.99. The molecule has 6 nitrogen and oxygen atoms in total. The maximum atomic E-state index is 5.83. The van der Waals surface area contributed by atoms with Gasteiger partial charge in [0.25, 0.3) is 0 Å². The molecule has 1 aromatic rings. The molecule has 1 fully saturated rings. The lowest BCUT2D eigenvalue weighted by Crippen LogP contribution is -2.23. The number of guanidine groups is 1. The van der Waals surface area contributed by atoms with Crippen LogP contribution in [0.3, 0.4) is 0 Å². The molecule has 3 N–H and O–H groups in total. The molecule has 0 bridgehead atoms. The Labute approximate surface area is 112 Å². The van der Waals surface area contributed by atoms with Crippen molar-refractivity contribution in [3.05, 3.63) is 12.1 Å². The highest BCUT2D eigenvalue weighted by Crippen LogP contribution is 2.39. The van der Waals surface area contributed by atoms with Crippen molar-refractivity contribution in [2.24, 2.45) is 10.7 Å². The minimum absolute atomic E-state index is 0.370. The van der Waals surface area contributed by atoms with Gasteiger partial charge in [0.1, 0.15) is 0 Å². The maximum Gasteiger partial charge on any atom is 0.203 e. The van der Waals surface area contributed by atoms with Crippen molar-refractivity contribution in [2.75, 3.05) is 26.6 Å². The number of aliphatic imine (C=N–C) groups is 1. The number of benzene rings is 1. The van der Waals surface area contributed by atoms with Gasteiger partial charge in [0.05, 0.1) is 27.4 Å². The van der Waals surface area contributed by atoms with E-state index >= 15 is 0 Å². The highest BCUT2D eigenvalue weighted by molar-refractivity contribution is 5.93. The van der Waals surface area contributed by atoms with Gasteiger partial charge in [-0.25, -0.2) is 4.99 Å². The molecule has 1 aromatic carbocycles. The Balaban J connectivity index is 2.24. The fourth-order valence-electron chi connectivity index (χ4n) is 1.73. The fraction of sp³-hybridized carbons (Fsp3) is 0.462. The minimum atomic E-state index is 0.370. The van der Waals surface area contributed by atoms with Crippen LogP contribution in [0.5, 0.6) is 17.2 Å². The van der Waals surface area contributed by atoms with Crippen molar-refractivity contribution in [1.29, 1.82) is 0 Å². The van der Waals surface area contributed by atoms with Crippen LogP contribution in [0.25, 0.3) is 0 Å². The molecule has 0 radical (unpaired) electrons. The summed E-state index contributed by atoms with van der Waals surface area (Å²) >= 11 is 0. The monoisotopic (exact) mass is 265 g/mol. The van der Waals surface area contributed by atoms with E-state index in [4.69, 9.17) is 19.9 Å². The Morgan fingerprint density at radius 3 is 2.16 bits per heavy atom. The van der Waals surface area contributed by atoms with Crippen LogP contribution in [0.2, 0.25) is 0 Å². The van der Waals surface area contributed by atoms with Crippen LogP contribution in [0, 0.1) is 0 Å². The molecule has 0 spiro atoms. The lowest BCUT2D eigenvalue weighted by Gasteiger charge is -2.14. The predicted octanol–water partition coefficient (Wildman–Crippen LogP) is 1.60. The van der Waals surface area contributed by atoms with Crippen molar-refractivity contribution in [1.82, 2.24) is 0 Å². The fourth-order valence-corrected chi connectivity index (χ4v) is 1.73. The van der Waals surface area contributed by atoms with E-state index < -0.39 is 0 Å². The van der Waals surface area contributed by atoms with Crippen LogP contribution in [-0.2, 0) is 0 Å². The summed E-state index contributed by atoms with van der Waals surface area (Å²) in [6.07, 6.45) is 2.22. The highest BCUT2D eigenvalue weighted by atomic mass is 16.5. The van der Waals surface area contributed by atoms with Crippen LogP contribution in [0.1, 0.15) is 12.8 Å². The SMILES string of the molecule is COc1cc(NC(N)=NC2CC2)cc(OC)c1OC. The van der Waals surface area contributed by atoms with Crippen LogP contribution >= 0.6 is 0 Å². The third kappa shape index (κ3) is 3.21. The number of nitrogens with two attached hydrogens (primary N) is 1. The minimum Gasteiger partial charge on any atom is -0.493 e. The average molecular weight is 265 g/mol. The largest absolute Gasteiger partial charge is 0.493 e. The average Bonchev–Trinajstić information content (AvgIpc) is 3.21. The van der Waals surface area contributed by atoms with Gasteiger partial charge in [-0.05, 0) is 12.8 Å². The molecule has 0 atom stereocenters. The molecule has 1 aliphatic rings. The van der Waals surface area contributed by atoms with Gasteiger partial charge in [0.15, 0.2) is 17.5 Å². The van der Waals surface area contributed by atoms with Gasteiger partial charge in [0, 0.05) is 17.8 Å². The van der Waals surface area contributed by atoms with Crippen LogP contribution in [0.4, 0.5) is 5.69 Å². The third-order valence-electron chi connectivity index (χ3n) is 2.81. The lowest BCUT2D eigenvalue weighted by atomic mass is 10.2. The van der Waals surface area contributed by atoms with E-state index in [9.17, 15) is 0 Å². The number of anilines is 1. The molecule has 0 saturated heterocycles. The first-order valence-electron chi connectivity index (χ1n) is 6.08. The molecule has 6 heteroatoms. The summed E-state index contributed by atoms with van der Waals surface area (Å²) in [7, 11) is 4.71. The van der Waals surface area contributed by atoms with Crippen molar-refractivity contribution in [3.63, 3.8) is 0 Å². The Morgan fingerprint density at radius 1 is 1.16 bits per heavy atom. The molecule has 19 heavy (non-hydrogen) atoms. The summed E-state index contributed by atoms with van der Waals surface area (Å²) in [5.41, 5.74) is 6.57. The standard InChI is InChI=1S/C13H19N3O3/c1-17-10-6-9(7-11(18-2)12(10)19-3)16-13(14)15-8-4-5-8/h6-8H,4-5H2,1-3H3,(H3,14,15,16). The number of methoxy groups -OCH3 is 3. The molecule has 0 aliphatic heterocycles. The first-order valence-corrected chi connectivity index (χ1v) is 6.08. The van der Waals surface area contributed by atoms with Gasteiger partial charge in [-0.15, -0.1) is 0 Å². The molecular formula is C13H19N3O3. The Hall–Kier alpha value is -2.11. The molecule has 2 rings (SSSR count). The topological polar surface area (TPSA) is 78.1 Å². The first-order chi connectivity index (χ1) is 9.17. The summed E-state index contributed by atoms with van der Waals surface area (Å²) in [5, 5.41) is 3.03. The van der Waals surface area contributed by atoms with Gasteiger partial charge in [0.2, 0.25) is 5.75 Å². The quantitative estimate of drug-likeness (QED) is 0.624. The number of hydrogen-bond acceptors (Lipinski definition) is 4. The second kappa shape index (κ2) is 5.69. The number of nitrogens with zero attached hydrogens (tertiary/aromatic N) is 1. The number of nitrogens with one attached hydrogen (secondary N) is 1. The van der Waals surface area contributed by atoms with E-state index in [1.807, 2.05) is 0 Å². The molecule has 1 saturated carbocycles. The van der Waals surface area contributed by atoms with Crippen molar-refractivity contribution in [2.45, 2.75) is 18.9 Å². The summed E-state index contributed by atoms with van der Waals surface area (Å²) < 4.78 is 15.8. The second-order valence-electron chi connectivity index (χ2n) is 4.28. The number of ether oxygens (including phenoxy) is 3. The smallest absolute Gasteiger partial charge is 0.203 e. The van der Waals surface area contributed by atoms with Crippen LogP contribution in [-0.4, -0.2) is 33.3 Å². The summed E-state index contributed by atoms with van der Waals surface area (Å²) in [6.45, 7) is 0. The van der Waals surface area contributed by atoms with Gasteiger partial charge < -0.3 is 25.3 Å². The van der Waals surface area contributed by atoms with Gasteiger partial charge in [-0.1, -0.05) is 0 Å². The van der Waals surface area contributed by atoms with Crippen LogP contribution < -0.4 is 25.3 Å². The van der Waals surface area contributed by atoms with Gasteiger partial charge in [-0.3, -0.25) is 0 Å². The summed E-state index contributed by atoms with van der Waals surface area (Å²) in [6, 6.07) is 3.95. The van der Waals surface area contributed by atoms with Crippen molar-refractivity contribution >= 4 is 11.6 Å². The van der Waals surface area contributed by atoms with E-state index in [1.165, 1.54) is 0 Å². The van der Waals surface area contributed by atoms with E-state index in [0.29, 0.717) is 29.2 Å². The third-order valence-corrected chi connectivity index (χ3v) is 2.81. The van der Waals surface area contributed by atoms with Crippen LogP contribution in [0.15, 0.2) is 17.1 Å². The Bertz CT molecular complexity index is 459. The normalized spacial score (nSPS) is 15.0. The zero-order valence-electron chi connectivity index (χ0n) is 11.4. The molecule has 1 aliphatic carbocycles. The van der Waals surface area contributed by atoms with E-state index in [-0.39, 0.29) is 0 Å². The molecule has 0 heterocycles. The molecule has 0 unspecified atom stereocenters. The number of rotatable bonds is 5. The van der Waals surface area contributed by atoms with Gasteiger partial charge >= 0.3 is 0 Å². The number of hydrogen-bond donors (Lipinski definition) is 2. The van der Waals surface area contributed by atoms with Gasteiger partial charge in [-0.2, -0.15) is 0 Å². The van der Waals surface area contributed by atoms with E-state index in [2.05, 4.69) is 10.3 Å². The summed E-state index contributed by atoms with van der Waals surface area (Å²) in [5.74, 6) is 2.09. The molecule has 0 aromatic heterocycles. The van der Waals surface area contributed by atoms with Crippen molar-refractivity contribution in [3.8, 4) is 17.2 Å².